The van der Waals surface area contributed by atoms with E-state index in [0.717, 1.165) is 0 Å². The molecule has 15 heavy (non-hydrogen) atoms. The lowest BCUT2D eigenvalue weighted by atomic mass is 10.1. The highest BCUT2D eigenvalue weighted by Crippen LogP contribution is 2.27. The van der Waals surface area contributed by atoms with Crippen molar-refractivity contribution in [3.8, 4) is 0 Å². The molecular formula is C10H8ClFN2S. The van der Waals surface area contributed by atoms with Gasteiger partial charge in [-0.15, -0.1) is 11.3 Å². The van der Waals surface area contributed by atoms with Crippen LogP contribution in [0.1, 0.15) is 16.6 Å². The van der Waals surface area contributed by atoms with Crippen molar-refractivity contribution in [2.75, 3.05) is 0 Å². The number of aromatic nitrogens is 1. The van der Waals surface area contributed by atoms with Gasteiger partial charge in [0.2, 0.25) is 0 Å². The highest BCUT2D eigenvalue weighted by Gasteiger charge is 2.17. The zero-order valence-electron chi connectivity index (χ0n) is 7.65. The lowest BCUT2D eigenvalue weighted by molar-refractivity contribution is 0.599. The summed E-state index contributed by atoms with van der Waals surface area (Å²) in [5, 5.41) is 2.56. The summed E-state index contributed by atoms with van der Waals surface area (Å²) >= 11 is 7.07. The third kappa shape index (κ3) is 2.02. The Labute approximate surface area is 95.5 Å². The molecule has 5 heteroatoms. The second kappa shape index (κ2) is 4.26. The SMILES string of the molecule is NC(c1nccs1)c1cccc(Cl)c1F. The van der Waals surface area contributed by atoms with Crippen molar-refractivity contribution in [1.29, 1.82) is 0 Å². The Kier molecular flexibility index (Phi) is 3.00. The predicted molar refractivity (Wildman–Crippen MR) is 59.6 cm³/mol. The normalized spacial score (nSPS) is 12.7. The summed E-state index contributed by atoms with van der Waals surface area (Å²) in [5.74, 6) is -0.470. The van der Waals surface area contributed by atoms with Crippen molar-refractivity contribution < 1.29 is 4.39 Å². The standard InChI is InChI=1S/C10H8ClFN2S/c11-7-3-1-2-6(8(7)12)9(13)10-14-4-5-15-10/h1-5,9H,13H2. The van der Waals surface area contributed by atoms with Gasteiger partial charge >= 0.3 is 0 Å². The Morgan fingerprint density at radius 2 is 2.27 bits per heavy atom. The van der Waals surface area contributed by atoms with Crippen molar-refractivity contribution in [2.24, 2.45) is 5.73 Å². The highest BCUT2D eigenvalue weighted by molar-refractivity contribution is 7.09. The molecule has 2 aromatic rings. The summed E-state index contributed by atoms with van der Waals surface area (Å²) in [4.78, 5) is 4.05. The van der Waals surface area contributed by atoms with Crippen LogP contribution in [-0.2, 0) is 0 Å². The van der Waals surface area contributed by atoms with Crippen LogP contribution in [0.2, 0.25) is 5.02 Å². The number of hydrogen-bond acceptors (Lipinski definition) is 3. The zero-order chi connectivity index (χ0) is 10.8. The number of halogens is 2. The average Bonchev–Trinajstić information content (AvgIpc) is 2.74. The maximum Gasteiger partial charge on any atom is 0.146 e. The first-order valence-corrected chi connectivity index (χ1v) is 5.55. The molecule has 2 rings (SSSR count). The Bertz CT molecular complexity index is 458. The predicted octanol–water partition coefficient (Wildman–Crippen LogP) is 2.98. The van der Waals surface area contributed by atoms with Crippen LogP contribution < -0.4 is 5.73 Å². The molecule has 1 unspecified atom stereocenters. The summed E-state index contributed by atoms with van der Waals surface area (Å²) in [6.45, 7) is 0. The third-order valence-electron chi connectivity index (χ3n) is 2.03. The molecule has 2 N–H and O–H groups in total. The van der Waals surface area contributed by atoms with Crippen LogP contribution in [-0.4, -0.2) is 4.98 Å². The van der Waals surface area contributed by atoms with Crippen LogP contribution in [0.4, 0.5) is 4.39 Å². The van der Waals surface area contributed by atoms with E-state index in [1.807, 2.05) is 0 Å². The number of rotatable bonds is 2. The molecule has 0 aliphatic rings. The number of nitrogens with zero attached hydrogens (tertiary/aromatic N) is 1. The lowest BCUT2D eigenvalue weighted by Gasteiger charge is -2.10. The minimum atomic E-state index is -0.552. The van der Waals surface area contributed by atoms with E-state index in [2.05, 4.69) is 4.98 Å². The van der Waals surface area contributed by atoms with E-state index in [9.17, 15) is 4.39 Å². The minimum Gasteiger partial charge on any atom is -0.318 e. The van der Waals surface area contributed by atoms with E-state index in [4.69, 9.17) is 17.3 Å². The first kappa shape index (κ1) is 10.5. The molecule has 0 saturated heterocycles. The molecule has 0 spiro atoms. The fraction of sp³-hybridized carbons (Fsp3) is 0.100. The molecule has 0 saturated carbocycles. The van der Waals surface area contributed by atoms with Crippen molar-refractivity contribution in [2.45, 2.75) is 6.04 Å². The average molecular weight is 243 g/mol. The second-order valence-electron chi connectivity index (χ2n) is 2.99. The molecule has 0 radical (unpaired) electrons. The molecular weight excluding hydrogens is 235 g/mol. The van der Waals surface area contributed by atoms with Crippen LogP contribution in [0.15, 0.2) is 29.8 Å². The van der Waals surface area contributed by atoms with Gasteiger partial charge in [-0.1, -0.05) is 23.7 Å². The van der Waals surface area contributed by atoms with Gasteiger partial charge < -0.3 is 5.73 Å². The smallest absolute Gasteiger partial charge is 0.146 e. The lowest BCUT2D eigenvalue weighted by Crippen LogP contribution is -2.13. The monoisotopic (exact) mass is 242 g/mol. The van der Waals surface area contributed by atoms with Crippen LogP contribution >= 0.6 is 22.9 Å². The topological polar surface area (TPSA) is 38.9 Å². The first-order chi connectivity index (χ1) is 7.20. The maximum atomic E-state index is 13.6. The summed E-state index contributed by atoms with van der Waals surface area (Å²) in [5.41, 5.74) is 6.25. The van der Waals surface area contributed by atoms with E-state index < -0.39 is 11.9 Å². The van der Waals surface area contributed by atoms with E-state index in [-0.39, 0.29) is 5.02 Å². The Morgan fingerprint density at radius 1 is 1.47 bits per heavy atom. The van der Waals surface area contributed by atoms with Crippen molar-refractivity contribution in [1.82, 2.24) is 4.98 Å². The molecule has 0 aliphatic heterocycles. The van der Waals surface area contributed by atoms with Gasteiger partial charge in [0.25, 0.3) is 0 Å². The van der Waals surface area contributed by atoms with Gasteiger partial charge in [0.15, 0.2) is 0 Å². The first-order valence-electron chi connectivity index (χ1n) is 4.29. The fourth-order valence-corrected chi connectivity index (χ4v) is 2.12. The zero-order valence-corrected chi connectivity index (χ0v) is 9.23. The Hall–Kier alpha value is -0.970. The van der Waals surface area contributed by atoms with Crippen LogP contribution in [0.5, 0.6) is 0 Å². The number of nitrogens with two attached hydrogens (primary N) is 1. The Balaban J connectivity index is 2.42. The van der Waals surface area contributed by atoms with E-state index >= 15 is 0 Å². The third-order valence-corrected chi connectivity index (χ3v) is 3.18. The maximum absolute atomic E-state index is 13.6. The van der Waals surface area contributed by atoms with E-state index in [1.54, 1.807) is 23.7 Å². The van der Waals surface area contributed by atoms with Gasteiger partial charge in [0.1, 0.15) is 10.8 Å². The molecule has 1 atom stereocenters. The van der Waals surface area contributed by atoms with Crippen molar-refractivity contribution >= 4 is 22.9 Å². The summed E-state index contributed by atoms with van der Waals surface area (Å²) in [6, 6.07) is 4.24. The second-order valence-corrected chi connectivity index (χ2v) is 4.32. The van der Waals surface area contributed by atoms with Crippen molar-refractivity contribution in [3.63, 3.8) is 0 Å². The van der Waals surface area contributed by atoms with Crippen LogP contribution in [0.3, 0.4) is 0 Å². The summed E-state index contributed by atoms with van der Waals surface area (Å²) in [7, 11) is 0. The van der Waals surface area contributed by atoms with Gasteiger partial charge in [0, 0.05) is 17.1 Å². The molecule has 1 heterocycles. The van der Waals surface area contributed by atoms with Crippen LogP contribution in [0.25, 0.3) is 0 Å². The summed E-state index contributed by atoms with van der Waals surface area (Å²) in [6.07, 6.45) is 1.64. The summed E-state index contributed by atoms with van der Waals surface area (Å²) < 4.78 is 13.6. The highest BCUT2D eigenvalue weighted by atomic mass is 35.5. The largest absolute Gasteiger partial charge is 0.318 e. The van der Waals surface area contributed by atoms with Gasteiger partial charge in [-0.25, -0.2) is 9.37 Å². The van der Waals surface area contributed by atoms with Gasteiger partial charge in [-0.2, -0.15) is 0 Å². The number of benzene rings is 1. The molecule has 0 aliphatic carbocycles. The Morgan fingerprint density at radius 3 is 2.93 bits per heavy atom. The molecule has 1 aromatic heterocycles. The quantitative estimate of drug-likeness (QED) is 0.879. The molecule has 0 amide bonds. The van der Waals surface area contributed by atoms with Crippen molar-refractivity contribution in [3.05, 3.63) is 51.2 Å². The van der Waals surface area contributed by atoms with E-state index in [1.165, 1.54) is 17.4 Å². The number of hydrogen-bond donors (Lipinski definition) is 1. The molecule has 78 valence electrons. The van der Waals surface area contributed by atoms with Crippen LogP contribution in [0, 0.1) is 5.82 Å². The van der Waals surface area contributed by atoms with Gasteiger partial charge in [-0.05, 0) is 6.07 Å². The van der Waals surface area contributed by atoms with E-state index in [0.29, 0.717) is 10.6 Å². The molecule has 1 aromatic carbocycles. The molecule has 0 fully saturated rings. The fourth-order valence-electron chi connectivity index (χ4n) is 1.28. The molecule has 2 nitrogen and oxygen atoms in total. The molecule has 0 bridgehead atoms. The minimum absolute atomic E-state index is 0.0829. The van der Waals surface area contributed by atoms with Gasteiger partial charge in [-0.3, -0.25) is 0 Å². The van der Waals surface area contributed by atoms with Gasteiger partial charge in [0.05, 0.1) is 11.1 Å². The number of thiazole rings is 1.